The molecule has 0 unspecified atom stereocenters. The predicted octanol–water partition coefficient (Wildman–Crippen LogP) is 5.08. The summed E-state index contributed by atoms with van der Waals surface area (Å²) in [4.78, 5) is 22.2. The van der Waals surface area contributed by atoms with Crippen LogP contribution < -0.4 is 10.2 Å². The number of hydrogen-bond acceptors (Lipinski definition) is 5. The second-order valence-electron chi connectivity index (χ2n) is 9.47. The van der Waals surface area contributed by atoms with Crippen molar-refractivity contribution in [3.63, 3.8) is 0 Å². The Labute approximate surface area is 204 Å². The molecule has 4 atom stereocenters. The van der Waals surface area contributed by atoms with E-state index >= 15 is 0 Å². The van der Waals surface area contributed by atoms with Crippen molar-refractivity contribution in [2.45, 2.75) is 44.2 Å². The highest BCUT2D eigenvalue weighted by Crippen LogP contribution is 2.59. The Bertz CT molecular complexity index is 1360. The van der Waals surface area contributed by atoms with Crippen LogP contribution in [0.3, 0.4) is 0 Å². The van der Waals surface area contributed by atoms with Crippen molar-refractivity contribution in [1.82, 2.24) is 14.9 Å². The lowest BCUT2D eigenvalue weighted by atomic mass is 9.76. The van der Waals surface area contributed by atoms with E-state index in [4.69, 9.17) is 9.47 Å². The fourth-order valence-corrected chi connectivity index (χ4v) is 4.84. The third-order valence-corrected chi connectivity index (χ3v) is 6.85. The highest BCUT2D eigenvalue weighted by Gasteiger charge is 2.65. The van der Waals surface area contributed by atoms with Crippen LogP contribution in [0.1, 0.15) is 42.8 Å². The lowest BCUT2D eigenvalue weighted by Crippen LogP contribution is -2.46. The number of halogens is 5. The first kappa shape index (κ1) is 26.0. The molecule has 0 spiro atoms. The molecule has 1 aromatic carbocycles. The first-order chi connectivity index (χ1) is 16.8. The summed E-state index contributed by atoms with van der Waals surface area (Å²) in [7, 11) is 4.80. The number of H-pyrrole nitrogens is 1. The fraction of sp³-hybridized carbons (Fsp3) is 0.440. The number of nitrogens with one attached hydrogen (secondary N) is 1. The zero-order chi connectivity index (χ0) is 26.6. The number of hydrogen-bond donors (Lipinski definition) is 1. The maximum Gasteiger partial charge on any atom is 0.417 e. The van der Waals surface area contributed by atoms with E-state index in [0.717, 1.165) is 26.2 Å². The van der Waals surface area contributed by atoms with E-state index in [1.165, 1.54) is 13.0 Å². The number of rotatable bonds is 5. The number of ether oxygens (including phenoxy) is 2. The summed E-state index contributed by atoms with van der Waals surface area (Å²) < 4.78 is 81.8. The maximum atomic E-state index is 14.6. The van der Waals surface area contributed by atoms with Crippen LogP contribution in [0.15, 0.2) is 35.1 Å². The minimum atomic E-state index is -4.79. The van der Waals surface area contributed by atoms with Gasteiger partial charge in [-0.25, -0.2) is 9.37 Å². The molecule has 36 heavy (non-hydrogen) atoms. The summed E-state index contributed by atoms with van der Waals surface area (Å²) in [6, 6.07) is 6.49. The molecule has 194 valence electrons. The average Bonchev–Trinajstić information content (AvgIpc) is 3.07. The molecule has 0 aliphatic carbocycles. The van der Waals surface area contributed by atoms with Crippen LogP contribution in [-0.4, -0.2) is 47.9 Å². The van der Waals surface area contributed by atoms with Crippen LogP contribution in [0.2, 0.25) is 0 Å². The monoisotopic (exact) mass is 511 g/mol. The minimum absolute atomic E-state index is 0.00211. The summed E-state index contributed by atoms with van der Waals surface area (Å²) in [6.45, 7) is 2.72. The summed E-state index contributed by atoms with van der Waals surface area (Å²) in [5.41, 5.74) is -2.00. The van der Waals surface area contributed by atoms with Gasteiger partial charge >= 0.3 is 6.18 Å². The Morgan fingerprint density at radius 3 is 2.50 bits per heavy atom. The van der Waals surface area contributed by atoms with E-state index in [9.17, 15) is 26.7 Å². The molecule has 0 saturated carbocycles. The van der Waals surface area contributed by atoms with Crippen LogP contribution in [0.25, 0.3) is 11.0 Å². The van der Waals surface area contributed by atoms with Crippen molar-refractivity contribution in [1.29, 1.82) is 0 Å². The van der Waals surface area contributed by atoms with E-state index in [1.54, 1.807) is 12.1 Å². The van der Waals surface area contributed by atoms with E-state index in [0.29, 0.717) is 17.8 Å². The molecule has 2 aromatic heterocycles. The molecule has 0 radical (unpaired) electrons. The van der Waals surface area contributed by atoms with Gasteiger partial charge < -0.3 is 19.4 Å². The van der Waals surface area contributed by atoms with Gasteiger partial charge in [-0.2, -0.15) is 17.6 Å². The summed E-state index contributed by atoms with van der Waals surface area (Å²) >= 11 is 0. The first-order valence-corrected chi connectivity index (χ1v) is 11.2. The van der Waals surface area contributed by atoms with Crippen LogP contribution >= 0.6 is 0 Å². The van der Waals surface area contributed by atoms with Crippen molar-refractivity contribution in [3.05, 3.63) is 69.1 Å². The molecule has 1 aliphatic heterocycles. The number of pyridine rings is 2. The Kier molecular flexibility index (Phi) is 6.59. The smallest absolute Gasteiger partial charge is 0.417 e. The van der Waals surface area contributed by atoms with E-state index in [1.807, 2.05) is 19.0 Å². The van der Waals surface area contributed by atoms with E-state index in [-0.39, 0.29) is 16.8 Å². The molecular formula is C25H26F5N3O3. The molecular weight excluding hydrogens is 485 g/mol. The molecule has 3 heterocycles. The number of benzene rings is 1. The molecule has 1 saturated heterocycles. The fourth-order valence-electron chi connectivity index (χ4n) is 4.84. The van der Waals surface area contributed by atoms with Crippen molar-refractivity contribution < 1.29 is 31.4 Å². The summed E-state index contributed by atoms with van der Waals surface area (Å²) in [6.07, 6.45) is -6.13. The van der Waals surface area contributed by atoms with Gasteiger partial charge in [0.15, 0.2) is 17.2 Å². The second kappa shape index (κ2) is 9.11. The highest BCUT2D eigenvalue weighted by atomic mass is 19.4. The summed E-state index contributed by atoms with van der Waals surface area (Å²) in [5, 5.41) is 0. The zero-order valence-electron chi connectivity index (χ0n) is 20.3. The standard InChI is InChI=1S/C25H26F5N3O3/c1-12-19(14-7-8-15(26)20(27)22(14)35-5)23(36-24(12,2)25(28,29)30)17-10-18(34)21-16(32-17)9-6-13(31-21)11-33(3)4/h6-10,12,19,23H,11H2,1-5H3,(H,32,34)/t12-,19-,23-,24+/m0/s1. The molecule has 11 heteroatoms. The number of fused-ring (bicyclic) bond motifs is 1. The zero-order valence-corrected chi connectivity index (χ0v) is 20.3. The number of aromatic nitrogens is 2. The van der Waals surface area contributed by atoms with Crippen molar-refractivity contribution >= 4 is 11.0 Å². The van der Waals surface area contributed by atoms with Gasteiger partial charge in [0.05, 0.1) is 18.3 Å². The minimum Gasteiger partial charge on any atom is -0.493 e. The van der Waals surface area contributed by atoms with Gasteiger partial charge in [0.1, 0.15) is 11.6 Å². The maximum absolute atomic E-state index is 14.6. The number of methoxy groups -OCH3 is 1. The van der Waals surface area contributed by atoms with Crippen molar-refractivity contribution in [2.75, 3.05) is 21.2 Å². The number of nitrogens with zero attached hydrogens (tertiary/aromatic N) is 2. The lowest BCUT2D eigenvalue weighted by molar-refractivity contribution is -0.275. The van der Waals surface area contributed by atoms with Crippen LogP contribution in [0.5, 0.6) is 5.75 Å². The third-order valence-electron chi connectivity index (χ3n) is 6.85. The molecule has 1 fully saturated rings. The Balaban J connectivity index is 1.90. The van der Waals surface area contributed by atoms with Gasteiger partial charge in [0.2, 0.25) is 11.2 Å². The van der Waals surface area contributed by atoms with Gasteiger partial charge in [-0.1, -0.05) is 13.0 Å². The molecule has 6 nitrogen and oxygen atoms in total. The third kappa shape index (κ3) is 4.24. The van der Waals surface area contributed by atoms with E-state index in [2.05, 4.69) is 9.97 Å². The van der Waals surface area contributed by atoms with Gasteiger partial charge in [0, 0.05) is 35.7 Å². The topological polar surface area (TPSA) is 67.5 Å². The Hall–Kier alpha value is -3.05. The predicted molar refractivity (Wildman–Crippen MR) is 123 cm³/mol. The van der Waals surface area contributed by atoms with Gasteiger partial charge in [-0.05, 0) is 39.2 Å². The van der Waals surface area contributed by atoms with Crippen LogP contribution in [-0.2, 0) is 11.3 Å². The van der Waals surface area contributed by atoms with Crippen molar-refractivity contribution in [3.8, 4) is 5.75 Å². The van der Waals surface area contributed by atoms with Gasteiger partial charge in [-0.15, -0.1) is 0 Å². The molecule has 1 aliphatic rings. The number of alkyl halides is 3. The van der Waals surface area contributed by atoms with Crippen molar-refractivity contribution in [2.24, 2.45) is 5.92 Å². The molecule has 1 N–H and O–H groups in total. The molecule has 4 rings (SSSR count). The first-order valence-electron chi connectivity index (χ1n) is 11.2. The van der Waals surface area contributed by atoms with Crippen LogP contribution in [0.4, 0.5) is 22.0 Å². The van der Waals surface area contributed by atoms with E-state index < -0.39 is 52.5 Å². The normalized spacial score (nSPS) is 24.6. The van der Waals surface area contributed by atoms with Gasteiger partial charge in [0.25, 0.3) is 0 Å². The largest absolute Gasteiger partial charge is 0.493 e. The second-order valence-corrected chi connectivity index (χ2v) is 9.47. The van der Waals surface area contributed by atoms with Gasteiger partial charge in [-0.3, -0.25) is 4.79 Å². The lowest BCUT2D eigenvalue weighted by Gasteiger charge is -2.32. The highest BCUT2D eigenvalue weighted by molar-refractivity contribution is 5.74. The quantitative estimate of drug-likeness (QED) is 0.484. The Morgan fingerprint density at radius 2 is 1.89 bits per heavy atom. The summed E-state index contributed by atoms with van der Waals surface area (Å²) in [5.74, 6) is -5.40. The molecule has 3 aromatic rings. The van der Waals surface area contributed by atoms with Crippen LogP contribution in [0, 0.1) is 17.6 Å². The SMILES string of the molecule is COc1c([C@H]2[C@H](c3cc(=O)c4nc(CN(C)C)ccc4[nH]3)O[C@@](C)(C(F)(F)F)[C@H]2C)ccc(F)c1F. The molecule has 0 amide bonds. The Morgan fingerprint density at radius 1 is 1.19 bits per heavy atom. The molecule has 0 bridgehead atoms. The average molecular weight is 511 g/mol. The number of aromatic amines is 1.